The standard InChI is InChI=1S/C12H8F2N6OS2/c13-4-1-6-8(2-5(4)14)23-12(17-6)19-9(21)7-3-22-11(18-7)20-10(15)16/h1-3H,(H,17,19,21)(H4,15,16,18,20). The Bertz CT molecular complexity index is 892. The summed E-state index contributed by atoms with van der Waals surface area (Å²) in [7, 11) is 0. The van der Waals surface area contributed by atoms with Gasteiger partial charge in [-0.2, -0.15) is 4.99 Å². The average molecular weight is 354 g/mol. The van der Waals surface area contributed by atoms with E-state index in [-0.39, 0.29) is 27.4 Å². The van der Waals surface area contributed by atoms with Gasteiger partial charge >= 0.3 is 0 Å². The van der Waals surface area contributed by atoms with E-state index < -0.39 is 17.5 Å². The Labute approximate surface area is 135 Å². The van der Waals surface area contributed by atoms with Gasteiger partial charge in [0.1, 0.15) is 5.69 Å². The molecule has 0 unspecified atom stereocenters. The van der Waals surface area contributed by atoms with Crippen LogP contribution in [-0.2, 0) is 0 Å². The minimum absolute atomic E-state index is 0.103. The van der Waals surface area contributed by atoms with Gasteiger partial charge in [-0.25, -0.2) is 18.7 Å². The number of aromatic nitrogens is 2. The quantitative estimate of drug-likeness (QED) is 0.492. The maximum absolute atomic E-state index is 13.2. The molecule has 2 heterocycles. The van der Waals surface area contributed by atoms with Crippen LogP contribution in [0.25, 0.3) is 10.2 Å². The van der Waals surface area contributed by atoms with E-state index in [0.717, 1.165) is 34.8 Å². The Hall–Kier alpha value is -2.66. The molecule has 11 heteroatoms. The van der Waals surface area contributed by atoms with Crippen LogP contribution in [0.4, 0.5) is 19.0 Å². The van der Waals surface area contributed by atoms with Crippen LogP contribution < -0.4 is 16.8 Å². The molecule has 0 aliphatic rings. The number of rotatable bonds is 3. The number of anilines is 1. The van der Waals surface area contributed by atoms with Crippen molar-refractivity contribution in [1.29, 1.82) is 0 Å². The molecule has 0 saturated heterocycles. The van der Waals surface area contributed by atoms with Crippen molar-refractivity contribution in [3.05, 3.63) is 34.8 Å². The Morgan fingerprint density at radius 1 is 1.22 bits per heavy atom. The zero-order valence-corrected chi connectivity index (χ0v) is 12.8. The van der Waals surface area contributed by atoms with Gasteiger partial charge in [0.05, 0.1) is 10.2 Å². The number of thiazole rings is 2. The summed E-state index contributed by atoms with van der Waals surface area (Å²) in [6.45, 7) is 0. The van der Waals surface area contributed by atoms with Gasteiger partial charge in [-0.15, -0.1) is 11.3 Å². The predicted octanol–water partition coefficient (Wildman–Crippen LogP) is 2.19. The third-order valence-electron chi connectivity index (χ3n) is 2.60. The highest BCUT2D eigenvalue weighted by molar-refractivity contribution is 7.22. The molecule has 7 nitrogen and oxygen atoms in total. The second-order valence-electron chi connectivity index (χ2n) is 4.26. The first-order chi connectivity index (χ1) is 10.9. The molecular formula is C12H8F2N6OS2. The molecule has 0 bridgehead atoms. The minimum atomic E-state index is -0.998. The van der Waals surface area contributed by atoms with Crippen molar-refractivity contribution in [1.82, 2.24) is 9.97 Å². The SMILES string of the molecule is NC(N)=Nc1nc(C(=O)Nc2nc3cc(F)c(F)cc3s2)cs1. The first-order valence-electron chi connectivity index (χ1n) is 6.04. The summed E-state index contributed by atoms with van der Waals surface area (Å²) >= 11 is 2.11. The second kappa shape index (κ2) is 5.85. The van der Waals surface area contributed by atoms with E-state index in [4.69, 9.17) is 11.5 Å². The second-order valence-corrected chi connectivity index (χ2v) is 6.13. The Morgan fingerprint density at radius 2 is 1.96 bits per heavy atom. The number of carbonyl (C=O) groups is 1. The van der Waals surface area contributed by atoms with Gasteiger partial charge < -0.3 is 11.5 Å². The number of amides is 1. The lowest BCUT2D eigenvalue weighted by Crippen LogP contribution is -2.21. The van der Waals surface area contributed by atoms with E-state index in [0.29, 0.717) is 4.70 Å². The number of hydrogen-bond donors (Lipinski definition) is 3. The van der Waals surface area contributed by atoms with Gasteiger partial charge in [-0.3, -0.25) is 10.1 Å². The van der Waals surface area contributed by atoms with Gasteiger partial charge in [-0.05, 0) is 6.07 Å². The number of benzene rings is 1. The van der Waals surface area contributed by atoms with Crippen LogP contribution in [0, 0.1) is 11.6 Å². The fourth-order valence-electron chi connectivity index (χ4n) is 1.67. The zero-order chi connectivity index (χ0) is 16.6. The van der Waals surface area contributed by atoms with E-state index in [9.17, 15) is 13.6 Å². The number of fused-ring (bicyclic) bond motifs is 1. The highest BCUT2D eigenvalue weighted by Gasteiger charge is 2.15. The number of nitrogens with zero attached hydrogens (tertiary/aromatic N) is 3. The average Bonchev–Trinajstić information content (AvgIpc) is 3.05. The molecule has 1 amide bonds. The fraction of sp³-hybridized carbons (Fsp3) is 0. The first kappa shape index (κ1) is 15.2. The smallest absolute Gasteiger partial charge is 0.276 e. The number of hydrogen-bond acceptors (Lipinski definition) is 6. The third-order valence-corrected chi connectivity index (χ3v) is 4.27. The largest absolute Gasteiger partial charge is 0.370 e. The van der Waals surface area contributed by atoms with Gasteiger partial charge in [-0.1, -0.05) is 11.3 Å². The molecule has 3 rings (SSSR count). The Morgan fingerprint density at radius 3 is 2.70 bits per heavy atom. The molecule has 118 valence electrons. The summed E-state index contributed by atoms with van der Waals surface area (Å²) in [5.74, 6) is -2.66. The van der Waals surface area contributed by atoms with Crippen molar-refractivity contribution in [2.75, 3.05) is 5.32 Å². The van der Waals surface area contributed by atoms with Gasteiger partial charge in [0.15, 0.2) is 22.7 Å². The molecule has 23 heavy (non-hydrogen) atoms. The maximum Gasteiger partial charge on any atom is 0.276 e. The summed E-state index contributed by atoms with van der Waals surface area (Å²) in [6, 6.07) is 1.99. The highest BCUT2D eigenvalue weighted by Crippen LogP contribution is 2.28. The topological polar surface area (TPSA) is 119 Å². The first-order valence-corrected chi connectivity index (χ1v) is 7.74. The van der Waals surface area contributed by atoms with Gasteiger partial charge in [0, 0.05) is 11.4 Å². The summed E-state index contributed by atoms with van der Waals surface area (Å²) in [5.41, 5.74) is 10.8. The van der Waals surface area contributed by atoms with Crippen molar-refractivity contribution in [2.24, 2.45) is 16.5 Å². The van der Waals surface area contributed by atoms with Crippen LogP contribution in [0.5, 0.6) is 0 Å². The summed E-state index contributed by atoms with van der Waals surface area (Å²) < 4.78 is 26.7. The number of aliphatic imine (C=N–C) groups is 1. The maximum atomic E-state index is 13.2. The molecule has 1 aromatic carbocycles. The zero-order valence-electron chi connectivity index (χ0n) is 11.2. The van der Waals surface area contributed by atoms with Crippen LogP contribution in [-0.4, -0.2) is 21.8 Å². The number of guanidine groups is 1. The molecule has 0 aliphatic heterocycles. The molecule has 0 spiro atoms. The molecular weight excluding hydrogens is 346 g/mol. The predicted molar refractivity (Wildman–Crippen MR) is 85.1 cm³/mol. The van der Waals surface area contributed by atoms with E-state index in [1.807, 2.05) is 0 Å². The van der Waals surface area contributed by atoms with Crippen LogP contribution in [0.3, 0.4) is 0 Å². The molecule has 3 aromatic rings. The van der Waals surface area contributed by atoms with E-state index >= 15 is 0 Å². The summed E-state index contributed by atoms with van der Waals surface area (Å²) in [6.07, 6.45) is 0. The summed E-state index contributed by atoms with van der Waals surface area (Å²) in [4.78, 5) is 23.8. The van der Waals surface area contributed by atoms with Crippen LogP contribution in [0.15, 0.2) is 22.5 Å². The number of nitrogens with one attached hydrogen (secondary N) is 1. The molecule has 0 atom stereocenters. The van der Waals surface area contributed by atoms with Crippen LogP contribution >= 0.6 is 22.7 Å². The van der Waals surface area contributed by atoms with Crippen molar-refractivity contribution in [3.8, 4) is 0 Å². The van der Waals surface area contributed by atoms with Gasteiger partial charge in [0.25, 0.3) is 5.91 Å². The molecule has 0 fully saturated rings. The Kier molecular flexibility index (Phi) is 3.88. The van der Waals surface area contributed by atoms with Crippen LogP contribution in [0.1, 0.15) is 10.5 Å². The number of carbonyl (C=O) groups excluding carboxylic acids is 1. The lowest BCUT2D eigenvalue weighted by Gasteiger charge is -1.96. The van der Waals surface area contributed by atoms with E-state index in [1.54, 1.807) is 0 Å². The third kappa shape index (κ3) is 3.24. The lowest BCUT2D eigenvalue weighted by atomic mass is 10.3. The summed E-state index contributed by atoms with van der Waals surface area (Å²) in [5, 5.41) is 4.43. The van der Waals surface area contributed by atoms with Crippen molar-refractivity contribution >= 4 is 55.0 Å². The van der Waals surface area contributed by atoms with Gasteiger partial charge in [0.2, 0.25) is 5.13 Å². The highest BCUT2D eigenvalue weighted by atomic mass is 32.1. The van der Waals surface area contributed by atoms with Crippen LogP contribution in [0.2, 0.25) is 0 Å². The minimum Gasteiger partial charge on any atom is -0.370 e. The molecule has 5 N–H and O–H groups in total. The normalized spacial score (nSPS) is 10.7. The molecule has 2 aromatic heterocycles. The number of halogens is 2. The molecule has 0 radical (unpaired) electrons. The van der Waals surface area contributed by atoms with Crippen molar-refractivity contribution in [2.45, 2.75) is 0 Å². The Balaban J connectivity index is 1.82. The molecule has 0 saturated carbocycles. The van der Waals surface area contributed by atoms with Crippen molar-refractivity contribution < 1.29 is 13.6 Å². The van der Waals surface area contributed by atoms with Crippen molar-refractivity contribution in [3.63, 3.8) is 0 Å². The van der Waals surface area contributed by atoms with E-state index in [1.165, 1.54) is 5.38 Å². The van der Waals surface area contributed by atoms with E-state index in [2.05, 4.69) is 20.3 Å². The molecule has 0 aliphatic carbocycles. The monoisotopic (exact) mass is 354 g/mol. The fourth-order valence-corrected chi connectivity index (χ4v) is 3.22. The number of nitrogens with two attached hydrogens (primary N) is 2. The lowest BCUT2D eigenvalue weighted by molar-refractivity contribution is 0.102.